The van der Waals surface area contributed by atoms with Crippen molar-refractivity contribution in [2.45, 2.75) is 29.7 Å². The van der Waals surface area contributed by atoms with Gasteiger partial charge in [0.25, 0.3) is 5.78 Å². The largest absolute Gasteiger partial charge is 0.507 e. The minimum absolute atomic E-state index is 0.0912. The fourth-order valence-corrected chi connectivity index (χ4v) is 6.92. The predicted molar refractivity (Wildman–Crippen MR) is 174 cm³/mol. The maximum atomic E-state index is 14.1. The summed E-state index contributed by atoms with van der Waals surface area (Å²) in [6, 6.07) is 26.8. The molecule has 4 aromatic carbocycles. The Kier molecular flexibility index (Phi) is 8.97. The monoisotopic (exact) mass is 657 g/mol. The molecule has 1 unspecified atom stereocenters. The number of carbonyl (C=O) groups excluding carboxylic acids is 2. The number of aromatic nitrogens is 2. The van der Waals surface area contributed by atoms with Gasteiger partial charge in [0.15, 0.2) is 4.34 Å². The zero-order valence-corrected chi connectivity index (χ0v) is 26.2. The zero-order valence-electron chi connectivity index (χ0n) is 23.8. The minimum Gasteiger partial charge on any atom is -0.507 e. The first kappa shape index (κ1) is 30.5. The Morgan fingerprint density at radius 1 is 1.00 bits per heavy atom. The highest BCUT2D eigenvalue weighted by molar-refractivity contribution is 8.00. The average molecular weight is 658 g/mol. The number of halogens is 2. The number of rotatable bonds is 9. The predicted octanol–water partition coefficient (Wildman–Crippen LogP) is 8.14. The van der Waals surface area contributed by atoms with Crippen molar-refractivity contribution < 1.29 is 23.8 Å². The van der Waals surface area contributed by atoms with Crippen LogP contribution in [-0.2, 0) is 21.9 Å². The maximum absolute atomic E-state index is 14.1. The number of aliphatic hydroxyl groups is 1. The number of hydrogen-bond donors (Lipinski definition) is 1. The van der Waals surface area contributed by atoms with E-state index in [1.807, 2.05) is 31.2 Å². The lowest BCUT2D eigenvalue weighted by Crippen LogP contribution is -2.29. The number of Topliss-reactive ketones (excluding diaryl/α,β-unsaturated/α-hetero) is 1. The molecule has 0 aliphatic carbocycles. The van der Waals surface area contributed by atoms with Crippen LogP contribution in [0.25, 0.3) is 5.76 Å². The standard InChI is InChI=1S/C34H25ClFN3O4S2/c1-20-5-4-6-21(17-20)18-43-26-15-11-23(12-16-26)30(40)28-29(22-9-13-25(35)14-10-22)39(32(42)31(28)41)33-37-38-34(45-33)44-19-24-7-2-3-8-27(24)36/h2-17,29,40H,18-19H2,1H3. The number of nitrogens with zero attached hydrogens (tertiary/aromatic N) is 3. The Hall–Kier alpha value is -4.51. The van der Waals surface area contributed by atoms with Crippen LogP contribution in [-0.4, -0.2) is 27.0 Å². The molecule has 1 amide bonds. The second-order valence-corrected chi connectivity index (χ2v) is 12.9. The highest BCUT2D eigenvalue weighted by Gasteiger charge is 2.48. The molecular weight excluding hydrogens is 633 g/mol. The van der Waals surface area contributed by atoms with E-state index >= 15 is 0 Å². The van der Waals surface area contributed by atoms with Crippen LogP contribution in [0.4, 0.5) is 9.52 Å². The average Bonchev–Trinajstić information content (AvgIpc) is 3.61. The summed E-state index contributed by atoms with van der Waals surface area (Å²) in [7, 11) is 0. The third-order valence-corrected chi connectivity index (χ3v) is 9.51. The summed E-state index contributed by atoms with van der Waals surface area (Å²) < 4.78 is 20.5. The Morgan fingerprint density at radius 3 is 2.49 bits per heavy atom. The van der Waals surface area contributed by atoms with Crippen molar-refractivity contribution in [3.8, 4) is 5.75 Å². The van der Waals surface area contributed by atoms with Gasteiger partial charge in [-0.25, -0.2) is 4.39 Å². The molecular formula is C34H25ClFN3O4S2. The first-order valence-electron chi connectivity index (χ1n) is 13.8. The molecule has 1 aromatic heterocycles. The number of thioether (sulfide) groups is 1. The van der Waals surface area contributed by atoms with Gasteiger partial charge in [-0.2, -0.15) is 0 Å². The summed E-state index contributed by atoms with van der Waals surface area (Å²) in [5, 5.41) is 20.5. The van der Waals surface area contributed by atoms with E-state index in [0.29, 0.717) is 44.2 Å². The number of aryl methyl sites for hydroxylation is 1. The summed E-state index contributed by atoms with van der Waals surface area (Å²) in [4.78, 5) is 28.3. The van der Waals surface area contributed by atoms with Crippen LogP contribution < -0.4 is 9.64 Å². The van der Waals surface area contributed by atoms with Gasteiger partial charge >= 0.3 is 5.91 Å². The van der Waals surface area contributed by atoms with Crippen molar-refractivity contribution >= 4 is 57.3 Å². The summed E-state index contributed by atoms with van der Waals surface area (Å²) >= 11 is 8.51. The summed E-state index contributed by atoms with van der Waals surface area (Å²) in [5.41, 5.74) is 3.46. The molecule has 1 N–H and O–H groups in total. The Bertz CT molecular complexity index is 1910. The van der Waals surface area contributed by atoms with Crippen molar-refractivity contribution in [1.29, 1.82) is 0 Å². The third-order valence-electron chi connectivity index (χ3n) is 7.16. The molecule has 1 atom stereocenters. The number of amides is 1. The van der Waals surface area contributed by atoms with Crippen LogP contribution >= 0.6 is 34.7 Å². The fraction of sp³-hybridized carbons (Fsp3) is 0.118. The molecule has 1 saturated heterocycles. The van der Waals surface area contributed by atoms with Crippen molar-refractivity contribution in [2.24, 2.45) is 0 Å². The van der Waals surface area contributed by atoms with Crippen molar-refractivity contribution in [2.75, 3.05) is 4.90 Å². The van der Waals surface area contributed by atoms with Crippen LogP contribution in [0.5, 0.6) is 5.75 Å². The normalized spacial score (nSPS) is 15.9. The molecule has 2 heterocycles. The van der Waals surface area contributed by atoms with Crippen LogP contribution in [0.1, 0.15) is 33.9 Å². The number of hydrogen-bond acceptors (Lipinski definition) is 8. The second kappa shape index (κ2) is 13.2. The quantitative estimate of drug-likeness (QED) is 0.0562. The molecule has 6 rings (SSSR count). The second-order valence-electron chi connectivity index (χ2n) is 10.3. The molecule has 11 heteroatoms. The van der Waals surface area contributed by atoms with Crippen LogP contribution in [0.3, 0.4) is 0 Å². The van der Waals surface area contributed by atoms with Gasteiger partial charge in [-0.1, -0.05) is 94.9 Å². The van der Waals surface area contributed by atoms with Gasteiger partial charge in [-0.15, -0.1) is 10.2 Å². The van der Waals surface area contributed by atoms with Gasteiger partial charge < -0.3 is 9.84 Å². The molecule has 7 nitrogen and oxygen atoms in total. The van der Waals surface area contributed by atoms with Gasteiger partial charge in [0.2, 0.25) is 5.13 Å². The third kappa shape index (κ3) is 6.63. The van der Waals surface area contributed by atoms with E-state index in [4.69, 9.17) is 16.3 Å². The SMILES string of the molecule is Cc1cccc(COc2ccc(C(O)=C3C(=O)C(=O)N(c4nnc(SCc5ccccc5F)s4)C3c3ccc(Cl)cc3)cc2)c1. The molecule has 0 bridgehead atoms. The fourth-order valence-electron chi connectivity index (χ4n) is 4.94. The molecule has 0 radical (unpaired) electrons. The lowest BCUT2D eigenvalue weighted by Gasteiger charge is -2.22. The van der Waals surface area contributed by atoms with E-state index in [0.717, 1.165) is 22.5 Å². The Balaban J connectivity index is 1.30. The zero-order chi connectivity index (χ0) is 31.5. The molecule has 1 aliphatic rings. The maximum Gasteiger partial charge on any atom is 0.301 e. The number of benzene rings is 4. The van der Waals surface area contributed by atoms with Gasteiger partial charge in [0, 0.05) is 16.3 Å². The summed E-state index contributed by atoms with van der Waals surface area (Å²) in [5.74, 6) is -1.48. The van der Waals surface area contributed by atoms with E-state index in [9.17, 15) is 19.1 Å². The van der Waals surface area contributed by atoms with E-state index in [1.165, 1.54) is 22.7 Å². The number of ether oxygens (including phenoxy) is 1. The van der Waals surface area contributed by atoms with Crippen molar-refractivity contribution in [3.05, 3.63) is 141 Å². The molecule has 1 fully saturated rings. The molecule has 5 aromatic rings. The topological polar surface area (TPSA) is 92.6 Å². The molecule has 1 aliphatic heterocycles. The van der Waals surface area contributed by atoms with E-state index in [-0.39, 0.29) is 22.3 Å². The number of carbonyl (C=O) groups is 2. The van der Waals surface area contributed by atoms with E-state index < -0.39 is 17.7 Å². The van der Waals surface area contributed by atoms with Gasteiger partial charge in [0.1, 0.15) is 23.9 Å². The first-order chi connectivity index (χ1) is 21.8. The number of anilines is 1. The highest BCUT2D eigenvalue weighted by Crippen LogP contribution is 2.44. The van der Waals surface area contributed by atoms with Crippen molar-refractivity contribution in [3.63, 3.8) is 0 Å². The Morgan fingerprint density at radius 2 is 1.76 bits per heavy atom. The van der Waals surface area contributed by atoms with Crippen LogP contribution in [0, 0.1) is 12.7 Å². The highest BCUT2D eigenvalue weighted by atomic mass is 35.5. The van der Waals surface area contributed by atoms with E-state index in [2.05, 4.69) is 10.2 Å². The van der Waals surface area contributed by atoms with Crippen molar-refractivity contribution in [1.82, 2.24) is 10.2 Å². The van der Waals surface area contributed by atoms with Crippen LogP contribution in [0.2, 0.25) is 5.02 Å². The lowest BCUT2D eigenvalue weighted by atomic mass is 9.95. The number of aliphatic hydroxyl groups excluding tert-OH is 1. The molecule has 226 valence electrons. The lowest BCUT2D eigenvalue weighted by molar-refractivity contribution is -0.132. The number of ketones is 1. The Labute approximate surface area is 272 Å². The van der Waals surface area contributed by atoms with Gasteiger partial charge in [-0.3, -0.25) is 14.5 Å². The van der Waals surface area contributed by atoms with Crippen LogP contribution in [0.15, 0.2) is 107 Å². The molecule has 45 heavy (non-hydrogen) atoms. The van der Waals surface area contributed by atoms with Gasteiger partial charge in [0.05, 0.1) is 11.6 Å². The van der Waals surface area contributed by atoms with Gasteiger partial charge in [-0.05, 0) is 66.1 Å². The summed E-state index contributed by atoms with van der Waals surface area (Å²) in [6.07, 6.45) is 0. The first-order valence-corrected chi connectivity index (χ1v) is 16.0. The molecule has 0 spiro atoms. The van der Waals surface area contributed by atoms with E-state index in [1.54, 1.807) is 66.7 Å². The molecule has 0 saturated carbocycles. The smallest absolute Gasteiger partial charge is 0.301 e. The summed E-state index contributed by atoms with van der Waals surface area (Å²) in [6.45, 7) is 2.39. The minimum atomic E-state index is -0.989.